The van der Waals surface area contributed by atoms with Crippen LogP contribution in [0.4, 0.5) is 0 Å². The normalized spacial score (nSPS) is 29.5. The van der Waals surface area contributed by atoms with Crippen molar-refractivity contribution in [1.82, 2.24) is 0 Å². The van der Waals surface area contributed by atoms with E-state index < -0.39 is 0 Å². The summed E-state index contributed by atoms with van der Waals surface area (Å²) in [6.45, 7) is 3.86. The number of esters is 1. The SMILES string of the molecule is C=C(C(=O)OC1CC2CCC(C1)[NH+]2C)c1cccc(Cl)c1.[Cl-]. The van der Waals surface area contributed by atoms with E-state index in [-0.39, 0.29) is 24.5 Å². The third kappa shape index (κ3) is 3.48. The molecule has 0 radical (unpaired) electrons. The number of ether oxygens (including phenoxy) is 1. The highest BCUT2D eigenvalue weighted by atomic mass is 35.5. The molecule has 2 aliphatic heterocycles. The monoisotopic (exact) mass is 341 g/mol. The highest BCUT2D eigenvalue weighted by Crippen LogP contribution is 2.26. The van der Waals surface area contributed by atoms with Gasteiger partial charge in [-0.25, -0.2) is 4.79 Å². The molecule has 1 N–H and O–H groups in total. The number of piperidine rings is 1. The Labute approximate surface area is 142 Å². The van der Waals surface area contributed by atoms with Gasteiger partial charge in [-0.2, -0.15) is 0 Å². The van der Waals surface area contributed by atoms with E-state index in [1.54, 1.807) is 17.0 Å². The van der Waals surface area contributed by atoms with Gasteiger partial charge >= 0.3 is 5.97 Å². The number of halogens is 2. The maximum absolute atomic E-state index is 12.3. The van der Waals surface area contributed by atoms with Gasteiger partial charge in [-0.05, 0) is 17.7 Å². The number of carbonyl (C=O) groups is 1. The summed E-state index contributed by atoms with van der Waals surface area (Å²) in [4.78, 5) is 13.9. The summed E-state index contributed by atoms with van der Waals surface area (Å²) in [7, 11) is 2.26. The quantitative estimate of drug-likeness (QED) is 0.571. The van der Waals surface area contributed by atoms with Crippen LogP contribution in [0.15, 0.2) is 30.8 Å². The average Bonchev–Trinajstić information content (AvgIpc) is 2.69. The molecule has 120 valence electrons. The Bertz CT molecular complexity index is 562. The fourth-order valence-electron chi connectivity index (χ4n) is 3.64. The van der Waals surface area contributed by atoms with Crippen LogP contribution in [-0.4, -0.2) is 31.2 Å². The largest absolute Gasteiger partial charge is 1.00 e. The molecule has 2 aliphatic rings. The topological polar surface area (TPSA) is 30.7 Å². The number of carbonyl (C=O) groups excluding carboxylic acids is 1. The Morgan fingerprint density at radius 1 is 1.32 bits per heavy atom. The number of hydrogen-bond donors (Lipinski definition) is 1. The summed E-state index contributed by atoms with van der Waals surface area (Å²) in [5.74, 6) is -0.318. The zero-order chi connectivity index (χ0) is 15.0. The fourth-order valence-corrected chi connectivity index (χ4v) is 3.83. The zero-order valence-corrected chi connectivity index (χ0v) is 14.2. The second-order valence-corrected chi connectivity index (χ2v) is 6.64. The molecule has 2 heterocycles. The number of benzene rings is 1. The molecule has 0 spiro atoms. The smallest absolute Gasteiger partial charge is 0.338 e. The summed E-state index contributed by atoms with van der Waals surface area (Å²) >= 11 is 5.95. The van der Waals surface area contributed by atoms with Crippen molar-refractivity contribution in [2.24, 2.45) is 0 Å². The molecule has 22 heavy (non-hydrogen) atoms. The molecule has 2 unspecified atom stereocenters. The molecule has 0 aliphatic carbocycles. The lowest BCUT2D eigenvalue weighted by Gasteiger charge is -2.33. The summed E-state index contributed by atoms with van der Waals surface area (Å²) in [5, 5.41) is 0.599. The number of fused-ring (bicyclic) bond motifs is 2. The molecular weight excluding hydrogens is 321 g/mol. The first kappa shape index (κ1) is 17.3. The van der Waals surface area contributed by atoms with Gasteiger partial charge in [0.2, 0.25) is 0 Å². The Kier molecular flexibility index (Phi) is 5.54. The summed E-state index contributed by atoms with van der Waals surface area (Å²) in [6, 6.07) is 8.45. The van der Waals surface area contributed by atoms with Gasteiger partial charge in [0.25, 0.3) is 0 Å². The van der Waals surface area contributed by atoms with Crippen LogP contribution in [0.1, 0.15) is 31.2 Å². The molecule has 5 heteroatoms. The van der Waals surface area contributed by atoms with Crippen molar-refractivity contribution in [3.8, 4) is 0 Å². The highest BCUT2D eigenvalue weighted by Gasteiger charge is 2.43. The Morgan fingerprint density at radius 3 is 2.55 bits per heavy atom. The van der Waals surface area contributed by atoms with Crippen molar-refractivity contribution < 1.29 is 26.8 Å². The van der Waals surface area contributed by atoms with E-state index in [0.29, 0.717) is 22.7 Å². The Balaban J connectivity index is 0.00000176. The minimum atomic E-state index is -0.318. The van der Waals surface area contributed by atoms with Crippen LogP contribution >= 0.6 is 11.6 Å². The molecule has 0 amide bonds. The molecular formula is C17H21Cl2NO2. The van der Waals surface area contributed by atoms with E-state index in [1.807, 2.05) is 12.1 Å². The summed E-state index contributed by atoms with van der Waals surface area (Å²) in [5.41, 5.74) is 1.12. The van der Waals surface area contributed by atoms with Gasteiger partial charge in [0.05, 0.1) is 24.7 Å². The summed E-state index contributed by atoms with van der Waals surface area (Å²) < 4.78 is 5.68. The van der Waals surface area contributed by atoms with Gasteiger partial charge in [0.1, 0.15) is 6.10 Å². The zero-order valence-electron chi connectivity index (χ0n) is 12.6. The minimum absolute atomic E-state index is 0. The Morgan fingerprint density at radius 2 is 1.95 bits per heavy atom. The number of hydrogen-bond acceptors (Lipinski definition) is 2. The van der Waals surface area contributed by atoms with E-state index in [1.165, 1.54) is 12.8 Å². The van der Waals surface area contributed by atoms with Gasteiger partial charge in [-0.3, -0.25) is 0 Å². The van der Waals surface area contributed by atoms with Gasteiger partial charge in [0.15, 0.2) is 0 Å². The van der Waals surface area contributed by atoms with Gasteiger partial charge < -0.3 is 22.0 Å². The maximum Gasteiger partial charge on any atom is 0.338 e. The first-order chi connectivity index (χ1) is 10.0. The lowest BCUT2D eigenvalue weighted by molar-refractivity contribution is -0.923. The van der Waals surface area contributed by atoms with Crippen LogP contribution in [0.3, 0.4) is 0 Å². The highest BCUT2D eigenvalue weighted by molar-refractivity contribution is 6.31. The fraction of sp³-hybridized carbons (Fsp3) is 0.471. The van der Waals surface area contributed by atoms with E-state index in [4.69, 9.17) is 16.3 Å². The van der Waals surface area contributed by atoms with E-state index >= 15 is 0 Å². The van der Waals surface area contributed by atoms with Crippen molar-refractivity contribution in [1.29, 1.82) is 0 Å². The van der Waals surface area contributed by atoms with Crippen LogP contribution < -0.4 is 17.3 Å². The van der Waals surface area contributed by atoms with Gasteiger partial charge in [-0.1, -0.05) is 30.3 Å². The van der Waals surface area contributed by atoms with Crippen molar-refractivity contribution in [3.63, 3.8) is 0 Å². The number of rotatable bonds is 3. The lowest BCUT2D eigenvalue weighted by Crippen LogP contribution is -3.15. The first-order valence-corrected chi connectivity index (χ1v) is 7.91. The van der Waals surface area contributed by atoms with Crippen molar-refractivity contribution in [3.05, 3.63) is 41.4 Å². The van der Waals surface area contributed by atoms with Gasteiger partial charge in [0, 0.05) is 30.7 Å². The number of nitrogens with one attached hydrogen (secondary N) is 1. The molecule has 2 fully saturated rings. The third-order valence-corrected chi connectivity index (χ3v) is 5.17. The van der Waals surface area contributed by atoms with E-state index in [0.717, 1.165) is 18.4 Å². The first-order valence-electron chi connectivity index (χ1n) is 7.53. The van der Waals surface area contributed by atoms with Crippen molar-refractivity contribution in [2.75, 3.05) is 7.05 Å². The van der Waals surface area contributed by atoms with Crippen LogP contribution in [-0.2, 0) is 9.53 Å². The minimum Gasteiger partial charge on any atom is -1.00 e. The second kappa shape index (κ2) is 7.03. The van der Waals surface area contributed by atoms with Crippen molar-refractivity contribution >= 4 is 23.1 Å². The molecule has 2 bridgehead atoms. The average molecular weight is 342 g/mol. The van der Waals surface area contributed by atoms with Crippen LogP contribution in [0, 0.1) is 0 Å². The van der Waals surface area contributed by atoms with E-state index in [2.05, 4.69) is 13.6 Å². The summed E-state index contributed by atoms with van der Waals surface area (Å²) in [6.07, 6.45) is 4.47. The van der Waals surface area contributed by atoms with Gasteiger partial charge in [-0.15, -0.1) is 0 Å². The molecule has 1 aromatic rings. The lowest BCUT2D eigenvalue weighted by atomic mass is 10.0. The van der Waals surface area contributed by atoms with Crippen LogP contribution in [0.2, 0.25) is 5.02 Å². The molecule has 2 atom stereocenters. The molecule has 3 nitrogen and oxygen atoms in total. The van der Waals surface area contributed by atoms with Crippen molar-refractivity contribution in [2.45, 2.75) is 43.9 Å². The van der Waals surface area contributed by atoms with Crippen LogP contribution in [0.25, 0.3) is 5.57 Å². The number of quaternary nitrogens is 1. The predicted molar refractivity (Wildman–Crippen MR) is 83.3 cm³/mol. The Hall–Kier alpha value is -1.03. The molecule has 2 saturated heterocycles. The molecule has 3 rings (SSSR count). The third-order valence-electron chi connectivity index (χ3n) is 4.94. The molecule has 1 aromatic carbocycles. The standard InChI is InChI=1S/C17H20ClNO2.ClH/c1-11(12-4-3-5-13(18)8-12)17(20)21-16-9-14-6-7-15(10-16)19(14)2;/h3-5,8,14-16H,1,6-7,9-10H2,2H3;1H. The predicted octanol–water partition coefficient (Wildman–Crippen LogP) is -0.891. The second-order valence-electron chi connectivity index (χ2n) is 6.20. The molecule has 0 aromatic heterocycles. The molecule has 0 saturated carbocycles. The van der Waals surface area contributed by atoms with Crippen LogP contribution in [0.5, 0.6) is 0 Å². The maximum atomic E-state index is 12.3. The van der Waals surface area contributed by atoms with E-state index in [9.17, 15) is 4.79 Å².